The van der Waals surface area contributed by atoms with E-state index in [1.165, 1.54) is 18.5 Å². The number of carbonyl (C=O) groups excluding carboxylic acids is 2. The number of fused-ring (bicyclic) bond motifs is 1. The average Bonchev–Trinajstić information content (AvgIpc) is 3.21. The minimum Gasteiger partial charge on any atom is -0.497 e. The number of carbonyl (C=O) groups is 2. The maximum atomic E-state index is 13.2. The van der Waals surface area contributed by atoms with Crippen LogP contribution in [0.2, 0.25) is 0 Å². The maximum absolute atomic E-state index is 13.2. The Bertz CT molecular complexity index is 1590. The van der Waals surface area contributed by atoms with Crippen molar-refractivity contribution >= 4 is 34.2 Å². The Balaban J connectivity index is 1.46. The second-order valence-corrected chi connectivity index (χ2v) is 9.19. The van der Waals surface area contributed by atoms with Crippen LogP contribution < -0.4 is 19.3 Å². The van der Waals surface area contributed by atoms with Crippen molar-refractivity contribution in [2.45, 2.75) is 25.9 Å². The Morgan fingerprint density at radius 2 is 1.74 bits per heavy atom. The summed E-state index contributed by atoms with van der Waals surface area (Å²) in [6, 6.07) is 13.8. The van der Waals surface area contributed by atoms with Crippen molar-refractivity contribution in [2.24, 2.45) is 0 Å². The number of ether oxygens (including phenoxy) is 2. The Morgan fingerprint density at radius 1 is 0.949 bits per heavy atom. The van der Waals surface area contributed by atoms with Gasteiger partial charge in [0.25, 0.3) is 5.91 Å². The van der Waals surface area contributed by atoms with Crippen molar-refractivity contribution in [3.63, 3.8) is 0 Å². The molecule has 0 bridgehead atoms. The van der Waals surface area contributed by atoms with Gasteiger partial charge in [0.05, 0.1) is 29.3 Å². The number of rotatable bonds is 6. The van der Waals surface area contributed by atoms with Crippen LogP contribution in [0, 0.1) is 0 Å². The van der Waals surface area contributed by atoms with Gasteiger partial charge in [-0.05, 0) is 60.0 Å². The Kier molecular flexibility index (Phi) is 6.59. The number of nitrogens with zero attached hydrogens (tertiary/aromatic N) is 4. The number of hydrogen-bond donors (Lipinski definition) is 0. The first-order valence-corrected chi connectivity index (χ1v) is 12.0. The van der Waals surface area contributed by atoms with Gasteiger partial charge in [-0.15, -0.1) is 0 Å². The quantitative estimate of drug-likeness (QED) is 0.260. The van der Waals surface area contributed by atoms with Crippen molar-refractivity contribution < 1.29 is 32.2 Å². The van der Waals surface area contributed by atoms with E-state index < -0.39 is 23.7 Å². The molecular formula is C28H23F3N4O4. The SMILES string of the molecule is COc1ccc2c(Oc3ccc(N4C(=O)CN(c5cccc(C(F)(F)F)c5)C4=O)cc3C(C)C)ncnc2c1. The summed E-state index contributed by atoms with van der Waals surface area (Å²) in [6.07, 6.45) is -3.20. The molecule has 8 nitrogen and oxygen atoms in total. The Hall–Kier alpha value is -4.67. The molecule has 0 aliphatic carbocycles. The van der Waals surface area contributed by atoms with Gasteiger partial charge in [-0.2, -0.15) is 13.2 Å². The zero-order valence-corrected chi connectivity index (χ0v) is 21.2. The molecule has 0 radical (unpaired) electrons. The molecule has 1 aliphatic rings. The third kappa shape index (κ3) is 4.95. The normalized spacial score (nSPS) is 14.0. The van der Waals surface area contributed by atoms with Crippen LogP contribution in [0.3, 0.4) is 0 Å². The number of benzene rings is 3. The monoisotopic (exact) mass is 536 g/mol. The summed E-state index contributed by atoms with van der Waals surface area (Å²) < 4.78 is 51.0. The Labute approximate surface area is 221 Å². The fourth-order valence-electron chi connectivity index (χ4n) is 4.35. The highest BCUT2D eigenvalue weighted by Crippen LogP contribution is 2.38. The van der Waals surface area contributed by atoms with Gasteiger partial charge < -0.3 is 9.47 Å². The van der Waals surface area contributed by atoms with E-state index in [0.29, 0.717) is 33.8 Å². The number of aromatic nitrogens is 2. The molecule has 1 aliphatic heterocycles. The number of methoxy groups -OCH3 is 1. The third-order valence-corrected chi connectivity index (χ3v) is 6.34. The minimum atomic E-state index is -4.58. The van der Waals surface area contributed by atoms with Crippen molar-refractivity contribution in [2.75, 3.05) is 23.5 Å². The molecule has 0 saturated carbocycles. The zero-order valence-electron chi connectivity index (χ0n) is 21.2. The number of hydrogen-bond acceptors (Lipinski definition) is 6. The molecule has 1 saturated heterocycles. The summed E-state index contributed by atoms with van der Waals surface area (Å²) in [6.45, 7) is 3.47. The molecular weight excluding hydrogens is 513 g/mol. The number of halogens is 3. The van der Waals surface area contributed by atoms with E-state index in [-0.39, 0.29) is 23.8 Å². The van der Waals surface area contributed by atoms with E-state index in [2.05, 4.69) is 9.97 Å². The van der Waals surface area contributed by atoms with E-state index in [1.54, 1.807) is 43.5 Å². The molecule has 11 heteroatoms. The number of urea groups is 1. The minimum absolute atomic E-state index is 0.0121. The van der Waals surface area contributed by atoms with E-state index >= 15 is 0 Å². The summed E-state index contributed by atoms with van der Waals surface area (Å²) in [4.78, 5) is 36.6. The van der Waals surface area contributed by atoms with Crippen LogP contribution >= 0.6 is 0 Å². The van der Waals surface area contributed by atoms with Crippen LogP contribution in [0.1, 0.15) is 30.9 Å². The summed E-state index contributed by atoms with van der Waals surface area (Å²) in [5, 5.41) is 0.665. The summed E-state index contributed by atoms with van der Waals surface area (Å²) in [7, 11) is 1.56. The molecule has 39 heavy (non-hydrogen) atoms. The lowest BCUT2D eigenvalue weighted by Gasteiger charge is -2.20. The van der Waals surface area contributed by atoms with Crippen LogP contribution in [-0.2, 0) is 11.0 Å². The topological polar surface area (TPSA) is 84.9 Å². The highest BCUT2D eigenvalue weighted by atomic mass is 19.4. The van der Waals surface area contributed by atoms with Gasteiger partial charge in [-0.25, -0.2) is 19.7 Å². The van der Waals surface area contributed by atoms with Crippen LogP contribution in [0.25, 0.3) is 10.9 Å². The predicted molar refractivity (Wildman–Crippen MR) is 138 cm³/mol. The molecule has 4 aromatic rings. The molecule has 3 aromatic carbocycles. The number of anilines is 2. The van der Waals surface area contributed by atoms with Crippen LogP contribution in [0.4, 0.5) is 29.3 Å². The second kappa shape index (κ2) is 9.90. The maximum Gasteiger partial charge on any atom is 0.416 e. The lowest BCUT2D eigenvalue weighted by Crippen LogP contribution is -2.33. The lowest BCUT2D eigenvalue weighted by molar-refractivity contribution is -0.137. The molecule has 5 rings (SSSR count). The second-order valence-electron chi connectivity index (χ2n) is 9.19. The number of imide groups is 1. The summed E-state index contributed by atoms with van der Waals surface area (Å²) in [5.41, 5.74) is 0.698. The van der Waals surface area contributed by atoms with Crippen LogP contribution in [0.5, 0.6) is 17.4 Å². The number of alkyl halides is 3. The average molecular weight is 537 g/mol. The van der Waals surface area contributed by atoms with Gasteiger partial charge in [0.1, 0.15) is 24.4 Å². The van der Waals surface area contributed by atoms with Gasteiger partial charge in [-0.3, -0.25) is 9.69 Å². The largest absolute Gasteiger partial charge is 0.497 e. The molecule has 200 valence electrons. The molecule has 0 unspecified atom stereocenters. The zero-order chi connectivity index (χ0) is 27.9. The fraction of sp³-hybridized carbons (Fsp3) is 0.214. The standard InChI is InChI=1S/C28H23F3N4O4/c1-16(2)22-12-19(7-10-24(22)39-26-21-9-8-20(38-3)13-23(21)32-15-33-26)35-25(36)14-34(27(35)37)18-6-4-5-17(11-18)28(29,30)31/h4-13,15-16H,14H2,1-3H3. The van der Waals surface area contributed by atoms with E-state index in [0.717, 1.165) is 21.9 Å². The van der Waals surface area contributed by atoms with Gasteiger partial charge in [0.2, 0.25) is 5.88 Å². The number of amides is 3. The molecule has 0 spiro atoms. The molecule has 1 aromatic heterocycles. The Morgan fingerprint density at radius 3 is 2.46 bits per heavy atom. The van der Waals surface area contributed by atoms with Crippen molar-refractivity contribution in [1.82, 2.24) is 9.97 Å². The third-order valence-electron chi connectivity index (χ3n) is 6.34. The van der Waals surface area contributed by atoms with E-state index in [1.807, 2.05) is 13.8 Å². The van der Waals surface area contributed by atoms with Gasteiger partial charge in [0, 0.05) is 11.8 Å². The first-order chi connectivity index (χ1) is 18.6. The van der Waals surface area contributed by atoms with Crippen molar-refractivity contribution in [3.05, 3.63) is 78.1 Å². The highest BCUT2D eigenvalue weighted by Gasteiger charge is 2.39. The molecule has 3 amide bonds. The lowest BCUT2D eigenvalue weighted by atomic mass is 10.0. The fourth-order valence-corrected chi connectivity index (χ4v) is 4.35. The van der Waals surface area contributed by atoms with Gasteiger partial charge in [0.15, 0.2) is 0 Å². The van der Waals surface area contributed by atoms with Gasteiger partial charge in [-0.1, -0.05) is 19.9 Å². The summed E-state index contributed by atoms with van der Waals surface area (Å²) in [5.74, 6) is 0.801. The van der Waals surface area contributed by atoms with E-state index in [9.17, 15) is 22.8 Å². The molecule has 0 atom stereocenters. The van der Waals surface area contributed by atoms with E-state index in [4.69, 9.17) is 9.47 Å². The summed E-state index contributed by atoms with van der Waals surface area (Å²) >= 11 is 0. The smallest absolute Gasteiger partial charge is 0.416 e. The molecule has 2 heterocycles. The molecule has 0 N–H and O–H groups in total. The first kappa shape index (κ1) is 26.0. The van der Waals surface area contributed by atoms with Gasteiger partial charge >= 0.3 is 12.2 Å². The molecule has 1 fully saturated rings. The van der Waals surface area contributed by atoms with Crippen LogP contribution in [0.15, 0.2) is 67.0 Å². The van der Waals surface area contributed by atoms with Crippen molar-refractivity contribution in [1.29, 1.82) is 0 Å². The first-order valence-electron chi connectivity index (χ1n) is 12.0. The highest BCUT2D eigenvalue weighted by molar-refractivity contribution is 6.27. The van der Waals surface area contributed by atoms with Crippen LogP contribution in [-0.4, -0.2) is 35.6 Å². The van der Waals surface area contributed by atoms with Crippen molar-refractivity contribution in [3.8, 4) is 17.4 Å². The predicted octanol–water partition coefficient (Wildman–Crippen LogP) is 6.55.